The summed E-state index contributed by atoms with van der Waals surface area (Å²) in [5.41, 5.74) is 1.16. The zero-order chi connectivity index (χ0) is 16.9. The van der Waals surface area contributed by atoms with Gasteiger partial charge in [0, 0.05) is 30.1 Å². The highest BCUT2D eigenvalue weighted by Crippen LogP contribution is 2.23. The first-order chi connectivity index (χ1) is 11.6. The minimum Gasteiger partial charge on any atom is -0.351 e. The smallest absolute Gasteiger partial charge is 0.267 e. The Balaban J connectivity index is 1.72. The fraction of sp³-hybridized carbons (Fsp3) is 0.444. The molecule has 1 N–H and O–H groups in total. The van der Waals surface area contributed by atoms with Gasteiger partial charge in [0.1, 0.15) is 6.54 Å². The topological polar surface area (TPSA) is 76.9 Å². The van der Waals surface area contributed by atoms with Crippen molar-refractivity contribution in [3.8, 4) is 11.3 Å². The van der Waals surface area contributed by atoms with Gasteiger partial charge in [0.15, 0.2) is 0 Å². The molecule has 1 saturated carbocycles. The molecule has 6 heteroatoms. The van der Waals surface area contributed by atoms with E-state index in [0.717, 1.165) is 24.8 Å². The summed E-state index contributed by atoms with van der Waals surface area (Å²) >= 11 is 0. The maximum absolute atomic E-state index is 12.3. The lowest BCUT2D eigenvalue weighted by molar-refractivity contribution is -0.123. The molecule has 0 spiro atoms. The molecule has 0 saturated heterocycles. The first-order valence-electron chi connectivity index (χ1n) is 8.41. The lowest BCUT2D eigenvalue weighted by atomic mass is 9.86. The van der Waals surface area contributed by atoms with E-state index in [9.17, 15) is 9.59 Å². The van der Waals surface area contributed by atoms with Crippen molar-refractivity contribution in [1.29, 1.82) is 0 Å². The van der Waals surface area contributed by atoms with Crippen molar-refractivity contribution < 1.29 is 4.79 Å². The van der Waals surface area contributed by atoms with Gasteiger partial charge >= 0.3 is 0 Å². The largest absolute Gasteiger partial charge is 0.351 e. The van der Waals surface area contributed by atoms with Crippen molar-refractivity contribution in [1.82, 2.24) is 20.1 Å². The Bertz CT molecular complexity index is 757. The number of nitrogens with zero attached hydrogens (tertiary/aromatic N) is 3. The van der Waals surface area contributed by atoms with E-state index in [1.807, 2.05) is 12.1 Å². The van der Waals surface area contributed by atoms with Gasteiger partial charge in [-0.05, 0) is 37.0 Å². The maximum Gasteiger partial charge on any atom is 0.267 e. The molecule has 1 fully saturated rings. The summed E-state index contributed by atoms with van der Waals surface area (Å²) in [4.78, 5) is 28.4. The summed E-state index contributed by atoms with van der Waals surface area (Å²) < 4.78 is 1.21. The molecule has 0 aliphatic heterocycles. The van der Waals surface area contributed by atoms with Crippen molar-refractivity contribution in [2.75, 3.05) is 0 Å². The Morgan fingerprint density at radius 1 is 1.29 bits per heavy atom. The highest BCUT2D eigenvalue weighted by Gasteiger charge is 2.23. The van der Waals surface area contributed by atoms with Gasteiger partial charge < -0.3 is 5.32 Å². The minimum atomic E-state index is -0.283. The van der Waals surface area contributed by atoms with Crippen LogP contribution in [0, 0.1) is 5.92 Å². The van der Waals surface area contributed by atoms with Crippen LogP contribution in [-0.4, -0.2) is 26.7 Å². The summed E-state index contributed by atoms with van der Waals surface area (Å²) in [6, 6.07) is 6.96. The van der Waals surface area contributed by atoms with Crippen LogP contribution in [0.15, 0.2) is 41.5 Å². The maximum atomic E-state index is 12.3. The predicted octanol–water partition coefficient (Wildman–Crippen LogP) is 2.00. The number of amides is 1. The Morgan fingerprint density at radius 2 is 2.12 bits per heavy atom. The molecule has 2 atom stereocenters. The molecule has 2 aromatic heterocycles. The highest BCUT2D eigenvalue weighted by molar-refractivity contribution is 5.76. The van der Waals surface area contributed by atoms with Gasteiger partial charge in [0.05, 0.1) is 5.69 Å². The third kappa shape index (κ3) is 3.88. The zero-order valence-electron chi connectivity index (χ0n) is 13.8. The molecule has 2 unspecified atom stereocenters. The fourth-order valence-electron chi connectivity index (χ4n) is 3.15. The number of pyridine rings is 1. The second-order valence-corrected chi connectivity index (χ2v) is 6.39. The van der Waals surface area contributed by atoms with Crippen LogP contribution >= 0.6 is 0 Å². The average molecular weight is 326 g/mol. The Morgan fingerprint density at radius 3 is 2.88 bits per heavy atom. The van der Waals surface area contributed by atoms with Crippen molar-refractivity contribution in [2.24, 2.45) is 5.92 Å². The van der Waals surface area contributed by atoms with Crippen LogP contribution in [0.5, 0.6) is 0 Å². The number of aromatic nitrogens is 3. The summed E-state index contributed by atoms with van der Waals surface area (Å²) in [5.74, 6) is 0.320. The number of hydrogen-bond acceptors (Lipinski definition) is 4. The van der Waals surface area contributed by atoms with Gasteiger partial charge in [0.2, 0.25) is 5.91 Å². The molecule has 0 aromatic carbocycles. The monoisotopic (exact) mass is 326 g/mol. The first-order valence-corrected chi connectivity index (χ1v) is 8.41. The fourth-order valence-corrected chi connectivity index (χ4v) is 3.15. The molecule has 2 aromatic rings. The van der Waals surface area contributed by atoms with Crippen LogP contribution in [0.3, 0.4) is 0 Å². The van der Waals surface area contributed by atoms with E-state index in [-0.39, 0.29) is 24.1 Å². The van der Waals surface area contributed by atoms with Crippen molar-refractivity contribution in [2.45, 2.75) is 45.2 Å². The van der Waals surface area contributed by atoms with Crippen LogP contribution in [0.2, 0.25) is 0 Å². The van der Waals surface area contributed by atoms with Gasteiger partial charge in [0.25, 0.3) is 5.56 Å². The van der Waals surface area contributed by atoms with E-state index in [1.54, 1.807) is 18.5 Å². The van der Waals surface area contributed by atoms with Crippen molar-refractivity contribution >= 4 is 5.91 Å². The normalized spacial score (nSPS) is 20.5. The van der Waals surface area contributed by atoms with Gasteiger partial charge in [-0.3, -0.25) is 14.6 Å². The molecular weight excluding hydrogens is 304 g/mol. The van der Waals surface area contributed by atoms with E-state index >= 15 is 0 Å². The molecular formula is C18H22N4O2. The molecule has 2 heterocycles. The van der Waals surface area contributed by atoms with E-state index in [4.69, 9.17) is 0 Å². The van der Waals surface area contributed by atoms with Gasteiger partial charge in [-0.15, -0.1) is 0 Å². The first kappa shape index (κ1) is 16.4. The van der Waals surface area contributed by atoms with Crippen LogP contribution in [0.1, 0.15) is 32.6 Å². The number of nitrogens with one attached hydrogen (secondary N) is 1. The highest BCUT2D eigenvalue weighted by atomic mass is 16.2. The zero-order valence-corrected chi connectivity index (χ0v) is 13.8. The SMILES string of the molecule is CC1CCCCC1NC(=O)Cn1nc(-c2cccnc2)ccc1=O. The molecule has 126 valence electrons. The lowest BCUT2D eigenvalue weighted by Gasteiger charge is -2.29. The minimum absolute atomic E-state index is 0.0594. The van der Waals surface area contributed by atoms with Crippen LogP contribution in [-0.2, 0) is 11.3 Å². The quantitative estimate of drug-likeness (QED) is 0.932. The van der Waals surface area contributed by atoms with Crippen LogP contribution in [0.4, 0.5) is 0 Å². The summed E-state index contributed by atoms with van der Waals surface area (Å²) in [7, 11) is 0. The van der Waals surface area contributed by atoms with Gasteiger partial charge in [-0.25, -0.2) is 4.68 Å². The molecule has 1 aliphatic rings. The standard InChI is InChI=1S/C18H22N4O2/c1-13-5-2-3-7-15(13)20-17(23)12-22-18(24)9-8-16(21-22)14-6-4-10-19-11-14/h4,6,8-11,13,15H,2-3,5,7,12H2,1H3,(H,20,23). The van der Waals surface area contributed by atoms with Crippen molar-refractivity contribution in [3.05, 3.63) is 47.0 Å². The predicted molar refractivity (Wildman–Crippen MR) is 91.3 cm³/mol. The van der Waals surface area contributed by atoms with Gasteiger partial charge in [-0.1, -0.05) is 19.8 Å². The van der Waals surface area contributed by atoms with E-state index in [2.05, 4.69) is 22.3 Å². The Hall–Kier alpha value is -2.50. The summed E-state index contributed by atoms with van der Waals surface area (Å²) in [6.07, 6.45) is 7.87. The van der Waals surface area contributed by atoms with E-state index in [1.165, 1.54) is 17.2 Å². The molecule has 24 heavy (non-hydrogen) atoms. The number of carbonyl (C=O) groups excluding carboxylic acids is 1. The average Bonchev–Trinajstić information content (AvgIpc) is 2.60. The molecule has 6 nitrogen and oxygen atoms in total. The third-order valence-electron chi connectivity index (χ3n) is 4.58. The number of hydrogen-bond donors (Lipinski definition) is 1. The molecule has 1 aliphatic carbocycles. The number of carbonyl (C=O) groups is 1. The second kappa shape index (κ2) is 7.38. The van der Waals surface area contributed by atoms with Crippen LogP contribution < -0.4 is 10.9 Å². The van der Waals surface area contributed by atoms with Crippen molar-refractivity contribution in [3.63, 3.8) is 0 Å². The van der Waals surface area contributed by atoms with Crippen LogP contribution in [0.25, 0.3) is 11.3 Å². The lowest BCUT2D eigenvalue weighted by Crippen LogP contribution is -2.43. The molecule has 0 radical (unpaired) electrons. The molecule has 3 rings (SSSR count). The third-order valence-corrected chi connectivity index (χ3v) is 4.58. The number of rotatable bonds is 4. The summed E-state index contributed by atoms with van der Waals surface area (Å²) in [6.45, 7) is 2.10. The van der Waals surface area contributed by atoms with E-state index in [0.29, 0.717) is 11.6 Å². The molecule has 0 bridgehead atoms. The Labute approximate surface area is 140 Å². The van der Waals surface area contributed by atoms with E-state index < -0.39 is 0 Å². The second-order valence-electron chi connectivity index (χ2n) is 6.39. The summed E-state index contributed by atoms with van der Waals surface area (Å²) in [5, 5.41) is 7.35. The van der Waals surface area contributed by atoms with Gasteiger partial charge in [-0.2, -0.15) is 5.10 Å². The Kier molecular flexibility index (Phi) is 5.03. The molecule has 1 amide bonds.